The van der Waals surface area contributed by atoms with Gasteiger partial charge in [0.2, 0.25) is 11.8 Å². The Morgan fingerprint density at radius 3 is 1.84 bits per heavy atom. The molecule has 2 unspecified atom stereocenters. The van der Waals surface area contributed by atoms with Gasteiger partial charge in [-0.2, -0.15) is 0 Å². The second-order valence-electron chi connectivity index (χ2n) is 6.87. The highest BCUT2D eigenvalue weighted by atomic mass is 16.5. The van der Waals surface area contributed by atoms with Crippen molar-refractivity contribution < 1.29 is 19.1 Å². The predicted molar refractivity (Wildman–Crippen MR) is 68.0 cm³/mol. The van der Waals surface area contributed by atoms with E-state index >= 15 is 0 Å². The summed E-state index contributed by atoms with van der Waals surface area (Å²) in [5, 5.41) is 0. The van der Waals surface area contributed by atoms with E-state index in [4.69, 9.17) is 4.74 Å². The zero-order valence-electron chi connectivity index (χ0n) is 12.2. The Kier molecular flexibility index (Phi) is 2.81. The van der Waals surface area contributed by atoms with Crippen LogP contribution in [0.3, 0.4) is 0 Å². The summed E-state index contributed by atoms with van der Waals surface area (Å²) in [6, 6.07) is 0. The molecule has 2 fully saturated rings. The van der Waals surface area contributed by atoms with Crippen LogP contribution >= 0.6 is 0 Å². The van der Waals surface area contributed by atoms with Crippen LogP contribution in [0.4, 0.5) is 0 Å². The lowest BCUT2D eigenvalue weighted by Crippen LogP contribution is -2.63. The minimum atomic E-state index is -0.775. The number of rotatable bonds is 1. The summed E-state index contributed by atoms with van der Waals surface area (Å²) in [6.07, 6.45) is 1.37. The summed E-state index contributed by atoms with van der Waals surface area (Å²) < 4.78 is 4.87. The van der Waals surface area contributed by atoms with Gasteiger partial charge in [0.1, 0.15) is 0 Å². The molecular weight excluding hydrogens is 246 g/mol. The first-order valence-corrected chi connectivity index (χ1v) is 6.49. The average molecular weight is 267 g/mol. The molecule has 2 rings (SSSR count). The summed E-state index contributed by atoms with van der Waals surface area (Å²) in [6.45, 7) is 5.48. The SMILES string of the molecule is COC(=O)C1(C)CC2(C)CC(C)(C1)C(=O)N(C)C2=O. The third kappa shape index (κ3) is 1.78. The molecule has 0 aromatic rings. The molecule has 1 aliphatic heterocycles. The molecule has 1 heterocycles. The number of nitrogens with zero attached hydrogens (tertiary/aromatic N) is 1. The number of esters is 1. The molecule has 0 aromatic heterocycles. The molecule has 5 heteroatoms. The van der Waals surface area contributed by atoms with Crippen molar-refractivity contribution in [2.24, 2.45) is 16.2 Å². The van der Waals surface area contributed by atoms with Gasteiger partial charge in [0, 0.05) is 17.9 Å². The normalized spacial score (nSPS) is 42.3. The van der Waals surface area contributed by atoms with Crippen LogP contribution < -0.4 is 0 Å². The minimum Gasteiger partial charge on any atom is -0.469 e. The standard InChI is InChI=1S/C14H21NO4/c1-12-6-13(2,10(17)15(4)9(12)16)8-14(3,7-12)11(18)19-5/h6-8H2,1-5H3. The fraction of sp³-hybridized carbons (Fsp3) is 0.786. The number of carbonyl (C=O) groups is 3. The second-order valence-corrected chi connectivity index (χ2v) is 6.87. The molecule has 1 saturated heterocycles. The van der Waals surface area contributed by atoms with Gasteiger partial charge >= 0.3 is 5.97 Å². The maximum Gasteiger partial charge on any atom is 0.311 e. The summed E-state index contributed by atoms with van der Waals surface area (Å²) in [5.74, 6) is -0.718. The third-order valence-electron chi connectivity index (χ3n) is 4.66. The van der Waals surface area contributed by atoms with Crippen molar-refractivity contribution in [1.82, 2.24) is 4.90 Å². The van der Waals surface area contributed by atoms with E-state index in [0.29, 0.717) is 19.3 Å². The van der Waals surface area contributed by atoms with Crippen molar-refractivity contribution in [3.05, 3.63) is 0 Å². The van der Waals surface area contributed by atoms with Gasteiger partial charge in [-0.15, -0.1) is 0 Å². The molecular formula is C14H21NO4. The number of hydrogen-bond acceptors (Lipinski definition) is 4. The van der Waals surface area contributed by atoms with Crippen LogP contribution in [0.1, 0.15) is 40.0 Å². The van der Waals surface area contributed by atoms with Gasteiger partial charge in [0.25, 0.3) is 0 Å². The van der Waals surface area contributed by atoms with E-state index in [0.717, 1.165) is 0 Å². The van der Waals surface area contributed by atoms with E-state index in [1.807, 2.05) is 13.8 Å². The molecule has 1 saturated carbocycles. The van der Waals surface area contributed by atoms with Crippen molar-refractivity contribution in [3.63, 3.8) is 0 Å². The van der Waals surface area contributed by atoms with Crippen LogP contribution in [0.15, 0.2) is 0 Å². The Bertz CT molecular complexity index is 438. The van der Waals surface area contributed by atoms with Gasteiger partial charge in [-0.1, -0.05) is 13.8 Å². The topological polar surface area (TPSA) is 63.7 Å². The fourth-order valence-corrected chi connectivity index (χ4v) is 4.37. The molecule has 2 bridgehead atoms. The van der Waals surface area contributed by atoms with E-state index in [1.165, 1.54) is 19.1 Å². The third-order valence-corrected chi connectivity index (χ3v) is 4.66. The molecule has 0 radical (unpaired) electrons. The van der Waals surface area contributed by atoms with Crippen LogP contribution in [0.2, 0.25) is 0 Å². The summed E-state index contributed by atoms with van der Waals surface area (Å²) in [4.78, 5) is 38.0. The average Bonchev–Trinajstić information content (AvgIpc) is 2.32. The number of hydrogen-bond donors (Lipinski definition) is 0. The lowest BCUT2D eigenvalue weighted by atomic mass is 9.52. The molecule has 106 valence electrons. The number of amides is 2. The smallest absolute Gasteiger partial charge is 0.311 e. The first-order chi connectivity index (χ1) is 8.58. The number of imide groups is 1. The van der Waals surface area contributed by atoms with E-state index in [2.05, 4.69) is 0 Å². The molecule has 2 atom stereocenters. The van der Waals surface area contributed by atoms with Gasteiger partial charge in [0.15, 0.2) is 0 Å². The molecule has 2 amide bonds. The highest BCUT2D eigenvalue weighted by Gasteiger charge is 2.62. The Morgan fingerprint density at radius 2 is 1.47 bits per heavy atom. The maximum absolute atomic E-state index is 12.4. The van der Waals surface area contributed by atoms with Crippen LogP contribution in [-0.4, -0.2) is 36.8 Å². The van der Waals surface area contributed by atoms with E-state index in [1.54, 1.807) is 6.92 Å². The van der Waals surface area contributed by atoms with Crippen molar-refractivity contribution in [3.8, 4) is 0 Å². The maximum atomic E-state index is 12.4. The second kappa shape index (κ2) is 3.81. The number of methoxy groups -OCH3 is 1. The molecule has 5 nitrogen and oxygen atoms in total. The van der Waals surface area contributed by atoms with Gasteiger partial charge in [-0.3, -0.25) is 19.3 Å². The van der Waals surface area contributed by atoms with Crippen molar-refractivity contribution in [2.45, 2.75) is 40.0 Å². The zero-order chi connectivity index (χ0) is 14.6. The van der Waals surface area contributed by atoms with Crippen LogP contribution in [0.25, 0.3) is 0 Å². The number of carbonyl (C=O) groups excluding carboxylic acids is 3. The van der Waals surface area contributed by atoms with Crippen LogP contribution in [-0.2, 0) is 19.1 Å². The molecule has 0 aromatic carbocycles. The Balaban J connectivity index is 2.50. The molecule has 19 heavy (non-hydrogen) atoms. The number of piperidine rings is 1. The van der Waals surface area contributed by atoms with Gasteiger partial charge in [-0.05, 0) is 26.2 Å². The Morgan fingerprint density at radius 1 is 1.05 bits per heavy atom. The van der Waals surface area contributed by atoms with Crippen LogP contribution in [0, 0.1) is 16.2 Å². The lowest BCUT2D eigenvalue weighted by Gasteiger charge is -2.55. The molecule has 0 spiro atoms. The van der Waals surface area contributed by atoms with E-state index in [-0.39, 0.29) is 17.8 Å². The van der Waals surface area contributed by atoms with Crippen molar-refractivity contribution >= 4 is 17.8 Å². The Hall–Kier alpha value is -1.39. The monoisotopic (exact) mass is 267 g/mol. The predicted octanol–water partition coefficient (Wildman–Crippen LogP) is 1.36. The van der Waals surface area contributed by atoms with Crippen LogP contribution in [0.5, 0.6) is 0 Å². The number of fused-ring (bicyclic) bond motifs is 2. The molecule has 2 aliphatic rings. The highest BCUT2D eigenvalue weighted by Crippen LogP contribution is 2.58. The van der Waals surface area contributed by atoms with E-state index in [9.17, 15) is 14.4 Å². The largest absolute Gasteiger partial charge is 0.469 e. The van der Waals surface area contributed by atoms with Gasteiger partial charge in [-0.25, -0.2) is 0 Å². The Labute approximate surface area is 113 Å². The first kappa shape index (κ1) is 14.0. The van der Waals surface area contributed by atoms with Gasteiger partial charge < -0.3 is 4.74 Å². The number of ether oxygens (including phenoxy) is 1. The van der Waals surface area contributed by atoms with Crippen molar-refractivity contribution in [2.75, 3.05) is 14.2 Å². The quantitative estimate of drug-likeness (QED) is 0.531. The first-order valence-electron chi connectivity index (χ1n) is 6.49. The highest BCUT2D eigenvalue weighted by molar-refractivity contribution is 6.04. The fourth-order valence-electron chi connectivity index (χ4n) is 4.37. The molecule has 1 aliphatic carbocycles. The minimum absolute atomic E-state index is 0.190. The summed E-state index contributed by atoms with van der Waals surface area (Å²) in [5.41, 5.74) is -2.11. The lowest BCUT2D eigenvalue weighted by molar-refractivity contribution is -0.183. The zero-order valence-corrected chi connectivity index (χ0v) is 12.2. The molecule has 0 N–H and O–H groups in total. The van der Waals surface area contributed by atoms with Gasteiger partial charge in [0.05, 0.1) is 12.5 Å². The summed E-state index contributed by atoms with van der Waals surface area (Å²) >= 11 is 0. The summed E-state index contributed by atoms with van der Waals surface area (Å²) in [7, 11) is 2.87. The van der Waals surface area contributed by atoms with Crippen molar-refractivity contribution in [1.29, 1.82) is 0 Å². The van der Waals surface area contributed by atoms with E-state index < -0.39 is 16.2 Å². The number of likely N-dealkylation sites (tertiary alicyclic amines) is 1.